The van der Waals surface area contributed by atoms with Crippen molar-refractivity contribution in [3.05, 3.63) is 52.5 Å². The van der Waals surface area contributed by atoms with Crippen LogP contribution in [-0.2, 0) is 6.42 Å². The molecule has 2 atom stereocenters. The first-order valence-corrected chi connectivity index (χ1v) is 13.0. The summed E-state index contributed by atoms with van der Waals surface area (Å²) < 4.78 is 12.1. The van der Waals surface area contributed by atoms with Crippen molar-refractivity contribution < 1.29 is 29.6 Å². The van der Waals surface area contributed by atoms with E-state index in [-0.39, 0.29) is 36.2 Å². The second kappa shape index (κ2) is 10.5. The number of amides is 1. The van der Waals surface area contributed by atoms with Gasteiger partial charge in [-0.1, -0.05) is 11.6 Å². The van der Waals surface area contributed by atoms with Gasteiger partial charge in [0.2, 0.25) is 0 Å². The van der Waals surface area contributed by atoms with Crippen LogP contribution in [0.1, 0.15) is 41.6 Å². The summed E-state index contributed by atoms with van der Waals surface area (Å²) >= 11 is 6.14. The molecular formula is C27H33ClN2O6. The summed E-state index contributed by atoms with van der Waals surface area (Å²) in [7, 11) is 0. The molecule has 3 aliphatic rings. The normalized spacial score (nSPS) is 22.2. The van der Waals surface area contributed by atoms with E-state index >= 15 is 0 Å². The van der Waals surface area contributed by atoms with Gasteiger partial charge in [0.15, 0.2) is 0 Å². The van der Waals surface area contributed by atoms with E-state index in [4.69, 9.17) is 21.1 Å². The molecule has 0 bridgehead atoms. The van der Waals surface area contributed by atoms with Gasteiger partial charge in [0.25, 0.3) is 5.91 Å². The Morgan fingerprint density at radius 2 is 2.00 bits per heavy atom. The Hall–Kier alpha value is -2.52. The number of phenolic OH excluding ortho intramolecular Hbond substituents is 1. The maximum Gasteiger partial charge on any atom is 0.257 e. The standard InChI is InChI=1S/C27H33ClN2O6/c28-19-3-6-24-18(12-19)14-27(36-24)7-10-29(11-8-27)15-22(33)17-35-25-13-20(31)4-5-23(25)26(34)30-9-1-2-21(32)16-30/h3-6,12-13,21-22,31-33H,1-2,7-11,14-17H2/t21-,22-/m1/s1. The molecule has 0 radical (unpaired) electrons. The second-order valence-corrected chi connectivity index (χ2v) is 10.6. The van der Waals surface area contributed by atoms with E-state index in [1.54, 1.807) is 4.90 Å². The van der Waals surface area contributed by atoms with Crippen LogP contribution >= 0.6 is 11.6 Å². The summed E-state index contributed by atoms with van der Waals surface area (Å²) in [6, 6.07) is 10.1. The molecule has 3 N–H and O–H groups in total. The molecule has 0 aliphatic carbocycles. The Labute approximate surface area is 216 Å². The quantitative estimate of drug-likeness (QED) is 0.542. The number of aliphatic hydroxyl groups excluding tert-OH is 2. The molecule has 2 fully saturated rings. The summed E-state index contributed by atoms with van der Waals surface area (Å²) in [5, 5.41) is 31.3. The van der Waals surface area contributed by atoms with Gasteiger partial charge in [-0.3, -0.25) is 4.79 Å². The van der Waals surface area contributed by atoms with E-state index in [0.717, 1.165) is 55.1 Å². The van der Waals surface area contributed by atoms with Crippen molar-refractivity contribution in [2.45, 2.75) is 49.9 Å². The number of nitrogens with zero attached hydrogens (tertiary/aromatic N) is 2. The molecule has 5 rings (SSSR count). The number of fused-ring (bicyclic) bond motifs is 1. The highest BCUT2D eigenvalue weighted by atomic mass is 35.5. The van der Waals surface area contributed by atoms with Gasteiger partial charge in [-0.25, -0.2) is 0 Å². The second-order valence-electron chi connectivity index (χ2n) is 10.2. The van der Waals surface area contributed by atoms with E-state index in [2.05, 4.69) is 4.90 Å². The lowest BCUT2D eigenvalue weighted by molar-refractivity contribution is -0.00205. The molecular weight excluding hydrogens is 484 g/mol. The van der Waals surface area contributed by atoms with Crippen LogP contribution < -0.4 is 9.47 Å². The number of ether oxygens (including phenoxy) is 2. The zero-order chi connectivity index (χ0) is 25.3. The Kier molecular flexibility index (Phi) is 7.30. The monoisotopic (exact) mass is 516 g/mol. The van der Waals surface area contributed by atoms with Crippen LogP contribution in [-0.4, -0.2) is 88.2 Å². The van der Waals surface area contributed by atoms with Gasteiger partial charge in [0.05, 0.1) is 11.7 Å². The molecule has 2 aromatic carbocycles. The maximum absolute atomic E-state index is 13.0. The molecule has 2 saturated heterocycles. The highest BCUT2D eigenvalue weighted by molar-refractivity contribution is 6.30. The van der Waals surface area contributed by atoms with Crippen LogP contribution in [0.15, 0.2) is 36.4 Å². The lowest BCUT2D eigenvalue weighted by atomic mass is 9.87. The topological polar surface area (TPSA) is 103 Å². The molecule has 3 aliphatic heterocycles. The van der Waals surface area contributed by atoms with E-state index in [1.165, 1.54) is 18.2 Å². The van der Waals surface area contributed by atoms with Gasteiger partial charge >= 0.3 is 0 Å². The number of aliphatic hydroxyl groups is 2. The predicted octanol–water partition coefficient (Wildman–Crippen LogP) is 2.85. The zero-order valence-corrected chi connectivity index (χ0v) is 21.0. The average molecular weight is 517 g/mol. The largest absolute Gasteiger partial charge is 0.508 e. The Balaban J connectivity index is 1.14. The molecule has 0 unspecified atom stereocenters. The summed E-state index contributed by atoms with van der Waals surface area (Å²) in [5.74, 6) is 0.873. The van der Waals surface area contributed by atoms with Crippen LogP contribution in [0.3, 0.4) is 0 Å². The number of likely N-dealkylation sites (tertiary alicyclic amines) is 2. The summed E-state index contributed by atoms with van der Waals surface area (Å²) in [6.45, 7) is 2.87. The highest BCUT2D eigenvalue weighted by Crippen LogP contribution is 2.42. The van der Waals surface area contributed by atoms with Crippen molar-refractivity contribution in [3.8, 4) is 17.2 Å². The number of β-amino-alcohol motifs (C(OH)–C–C–N with tert-alkyl or cyclic N) is 2. The Morgan fingerprint density at radius 1 is 1.19 bits per heavy atom. The van der Waals surface area contributed by atoms with Crippen LogP contribution in [0.5, 0.6) is 17.2 Å². The minimum Gasteiger partial charge on any atom is -0.508 e. The summed E-state index contributed by atoms with van der Waals surface area (Å²) in [6.07, 6.45) is 2.70. The number of rotatable bonds is 6. The fourth-order valence-electron chi connectivity index (χ4n) is 5.48. The molecule has 2 aromatic rings. The van der Waals surface area contributed by atoms with Gasteiger partial charge in [-0.15, -0.1) is 0 Å². The first-order chi connectivity index (χ1) is 17.3. The smallest absolute Gasteiger partial charge is 0.257 e. The minimum absolute atomic E-state index is 0.00551. The number of phenols is 1. The zero-order valence-electron chi connectivity index (χ0n) is 20.2. The number of piperidine rings is 2. The fourth-order valence-corrected chi connectivity index (χ4v) is 5.67. The first-order valence-electron chi connectivity index (χ1n) is 12.6. The van der Waals surface area contributed by atoms with Gasteiger partial charge in [0, 0.05) is 63.1 Å². The van der Waals surface area contributed by atoms with Crippen LogP contribution in [0, 0.1) is 0 Å². The number of aromatic hydroxyl groups is 1. The molecule has 3 heterocycles. The van der Waals surface area contributed by atoms with E-state index < -0.39 is 12.2 Å². The van der Waals surface area contributed by atoms with Gasteiger partial charge < -0.3 is 34.6 Å². The Morgan fingerprint density at radius 3 is 2.78 bits per heavy atom. The van der Waals surface area contributed by atoms with E-state index in [9.17, 15) is 20.1 Å². The number of halogens is 1. The molecule has 0 aromatic heterocycles. The summed E-state index contributed by atoms with van der Waals surface area (Å²) in [5.41, 5.74) is 1.26. The number of benzene rings is 2. The lowest BCUT2D eigenvalue weighted by Crippen LogP contribution is -2.49. The molecule has 0 saturated carbocycles. The first kappa shape index (κ1) is 25.1. The SMILES string of the molecule is O=C(c1ccc(O)cc1OC[C@H](O)CN1CCC2(CC1)Cc1cc(Cl)ccc1O2)N1CCC[C@@H](O)C1. The van der Waals surface area contributed by atoms with Crippen molar-refractivity contribution >= 4 is 17.5 Å². The third-order valence-electron chi connectivity index (χ3n) is 7.41. The van der Waals surface area contributed by atoms with Gasteiger partial charge in [0.1, 0.15) is 35.6 Å². The van der Waals surface area contributed by atoms with Crippen molar-refractivity contribution in [2.24, 2.45) is 0 Å². The van der Waals surface area contributed by atoms with Crippen molar-refractivity contribution in [1.82, 2.24) is 9.80 Å². The molecule has 1 amide bonds. The van der Waals surface area contributed by atoms with E-state index in [1.807, 2.05) is 18.2 Å². The predicted molar refractivity (Wildman–Crippen MR) is 135 cm³/mol. The van der Waals surface area contributed by atoms with Crippen molar-refractivity contribution in [3.63, 3.8) is 0 Å². The Bertz CT molecular complexity index is 1100. The number of carbonyl (C=O) groups is 1. The molecule has 1 spiro atoms. The van der Waals surface area contributed by atoms with Crippen LogP contribution in [0.25, 0.3) is 0 Å². The van der Waals surface area contributed by atoms with Crippen molar-refractivity contribution in [2.75, 3.05) is 39.3 Å². The molecule has 8 nitrogen and oxygen atoms in total. The van der Waals surface area contributed by atoms with Gasteiger partial charge in [-0.05, 0) is 48.7 Å². The fraction of sp³-hybridized carbons (Fsp3) is 0.519. The van der Waals surface area contributed by atoms with Gasteiger partial charge in [-0.2, -0.15) is 0 Å². The summed E-state index contributed by atoms with van der Waals surface area (Å²) in [4.78, 5) is 16.8. The third kappa shape index (κ3) is 5.57. The average Bonchev–Trinajstić information content (AvgIpc) is 3.21. The van der Waals surface area contributed by atoms with E-state index in [0.29, 0.717) is 25.1 Å². The molecule has 194 valence electrons. The third-order valence-corrected chi connectivity index (χ3v) is 7.64. The molecule has 36 heavy (non-hydrogen) atoms. The minimum atomic E-state index is -0.762. The number of hydrogen-bond donors (Lipinski definition) is 3. The maximum atomic E-state index is 13.0. The molecule has 9 heteroatoms. The number of hydrogen-bond acceptors (Lipinski definition) is 7. The number of carbonyl (C=O) groups excluding carboxylic acids is 1. The lowest BCUT2D eigenvalue weighted by Gasteiger charge is -2.39. The van der Waals surface area contributed by atoms with Crippen molar-refractivity contribution in [1.29, 1.82) is 0 Å². The highest BCUT2D eigenvalue weighted by Gasteiger charge is 2.42. The van der Waals surface area contributed by atoms with Crippen LogP contribution in [0.4, 0.5) is 0 Å². The van der Waals surface area contributed by atoms with Crippen LogP contribution in [0.2, 0.25) is 5.02 Å².